The molecule has 0 atom stereocenters. The van der Waals surface area contributed by atoms with E-state index in [2.05, 4.69) is 35.1 Å². The lowest BCUT2D eigenvalue weighted by Crippen LogP contribution is -2.01. The number of aromatic nitrogens is 7. The van der Waals surface area contributed by atoms with Crippen LogP contribution in [-0.4, -0.2) is 35.1 Å². The number of fused-ring (bicyclic) bond motifs is 2. The third kappa shape index (κ3) is 2.61. The second-order valence-corrected chi connectivity index (χ2v) is 6.22. The third-order valence-corrected chi connectivity index (χ3v) is 4.37. The Morgan fingerprint density at radius 1 is 1.11 bits per heavy atom. The molecule has 132 valence electrons. The van der Waals surface area contributed by atoms with E-state index < -0.39 is 0 Å². The van der Waals surface area contributed by atoms with Crippen molar-refractivity contribution >= 4 is 23.1 Å². The number of pyridine rings is 1. The lowest BCUT2D eigenvalue weighted by Gasteiger charge is -2.01. The summed E-state index contributed by atoms with van der Waals surface area (Å²) < 4.78 is 0. The molecule has 0 spiro atoms. The number of anilines is 1. The van der Waals surface area contributed by atoms with Crippen LogP contribution in [0, 0.1) is 0 Å². The van der Waals surface area contributed by atoms with Crippen LogP contribution in [0.25, 0.3) is 39.9 Å². The Morgan fingerprint density at radius 2 is 2.04 bits per heavy atom. The number of nitrogen functional groups attached to an aromatic ring is 1. The molecule has 0 unspecified atom stereocenters. The van der Waals surface area contributed by atoms with Gasteiger partial charge in [-0.2, -0.15) is 5.10 Å². The number of aromatic amines is 2. The maximum atomic E-state index is 5.97. The molecule has 1 aliphatic rings. The summed E-state index contributed by atoms with van der Waals surface area (Å²) >= 11 is 0. The van der Waals surface area contributed by atoms with Gasteiger partial charge in [0.1, 0.15) is 5.69 Å². The van der Waals surface area contributed by atoms with Crippen LogP contribution in [-0.2, 0) is 6.42 Å². The zero-order valence-corrected chi connectivity index (χ0v) is 14.1. The van der Waals surface area contributed by atoms with E-state index in [0.717, 1.165) is 33.7 Å². The standard InChI is InChI=1S/C18H15N9/c19-10-2-1-3-13-14(7-10)24-17(23-13)15-11-6-9(8-22-16(11)27-26-15)12-4-5-21-18(20)25-12/h1-6,8H,7,19H2,(H,23,24)(H2,20,21,25)(H,22,26,27). The minimum atomic E-state index is 0.215. The van der Waals surface area contributed by atoms with E-state index in [-0.39, 0.29) is 5.95 Å². The first-order valence-corrected chi connectivity index (χ1v) is 8.32. The predicted octanol–water partition coefficient (Wildman–Crippen LogP) is 1.80. The SMILES string of the molecule is NC1=CC=Cc2nc(-c3[nH]nc4ncc(-c5ccnc(N)n5)cc34)[nH]c2C1. The molecule has 4 heterocycles. The molecule has 0 aromatic carbocycles. The Kier molecular flexibility index (Phi) is 3.26. The molecule has 4 aromatic heterocycles. The highest BCUT2D eigenvalue weighted by molar-refractivity contribution is 5.91. The van der Waals surface area contributed by atoms with Gasteiger partial charge in [0, 0.05) is 35.8 Å². The van der Waals surface area contributed by atoms with Crippen LogP contribution < -0.4 is 11.5 Å². The molecule has 9 nitrogen and oxygen atoms in total. The van der Waals surface area contributed by atoms with Gasteiger partial charge in [0.2, 0.25) is 5.95 Å². The van der Waals surface area contributed by atoms with Gasteiger partial charge in [-0.1, -0.05) is 6.08 Å². The molecule has 4 aromatic rings. The Morgan fingerprint density at radius 3 is 2.93 bits per heavy atom. The fraction of sp³-hybridized carbons (Fsp3) is 0.0556. The highest BCUT2D eigenvalue weighted by Gasteiger charge is 2.17. The molecule has 27 heavy (non-hydrogen) atoms. The summed E-state index contributed by atoms with van der Waals surface area (Å²) in [5.74, 6) is 0.898. The van der Waals surface area contributed by atoms with Gasteiger partial charge in [-0.15, -0.1) is 0 Å². The van der Waals surface area contributed by atoms with E-state index in [4.69, 9.17) is 11.5 Å². The molecular weight excluding hydrogens is 342 g/mol. The molecule has 1 aliphatic carbocycles. The quantitative estimate of drug-likeness (QED) is 0.427. The molecule has 9 heteroatoms. The topological polar surface area (TPSA) is 148 Å². The smallest absolute Gasteiger partial charge is 0.220 e. The number of nitrogens with zero attached hydrogens (tertiary/aromatic N) is 5. The van der Waals surface area contributed by atoms with Crippen molar-refractivity contribution < 1.29 is 0 Å². The second-order valence-electron chi connectivity index (χ2n) is 6.22. The van der Waals surface area contributed by atoms with E-state index >= 15 is 0 Å². The van der Waals surface area contributed by atoms with Gasteiger partial charge < -0.3 is 16.5 Å². The molecule has 5 rings (SSSR count). The summed E-state index contributed by atoms with van der Waals surface area (Å²) in [5, 5.41) is 8.14. The molecule has 0 saturated heterocycles. The van der Waals surface area contributed by atoms with E-state index in [1.165, 1.54) is 0 Å². The fourth-order valence-corrected chi connectivity index (χ4v) is 3.09. The van der Waals surface area contributed by atoms with Crippen molar-refractivity contribution in [3.05, 3.63) is 53.8 Å². The van der Waals surface area contributed by atoms with Crippen LogP contribution in [0.5, 0.6) is 0 Å². The third-order valence-electron chi connectivity index (χ3n) is 4.37. The van der Waals surface area contributed by atoms with Gasteiger partial charge in [-0.3, -0.25) is 5.10 Å². The van der Waals surface area contributed by atoms with Crippen LogP contribution in [0.1, 0.15) is 11.4 Å². The van der Waals surface area contributed by atoms with Crippen LogP contribution >= 0.6 is 0 Å². The molecule has 0 radical (unpaired) electrons. The van der Waals surface area contributed by atoms with Crippen molar-refractivity contribution in [2.24, 2.45) is 5.73 Å². The van der Waals surface area contributed by atoms with Crippen LogP contribution in [0.15, 0.2) is 42.4 Å². The van der Waals surface area contributed by atoms with Crippen molar-refractivity contribution in [3.8, 4) is 22.8 Å². The summed E-state index contributed by atoms with van der Waals surface area (Å²) in [4.78, 5) is 20.6. The summed E-state index contributed by atoms with van der Waals surface area (Å²) in [5.41, 5.74) is 17.1. The van der Waals surface area contributed by atoms with Gasteiger partial charge >= 0.3 is 0 Å². The highest BCUT2D eigenvalue weighted by atomic mass is 15.2. The molecular formula is C18H15N9. The number of rotatable bonds is 2. The lowest BCUT2D eigenvalue weighted by molar-refractivity contribution is 1.05. The van der Waals surface area contributed by atoms with Gasteiger partial charge in [0.05, 0.1) is 16.8 Å². The predicted molar refractivity (Wildman–Crippen MR) is 102 cm³/mol. The van der Waals surface area contributed by atoms with Gasteiger partial charge in [0.25, 0.3) is 0 Å². The maximum absolute atomic E-state index is 5.97. The van der Waals surface area contributed by atoms with E-state index in [1.807, 2.05) is 24.3 Å². The number of imidazole rings is 1. The van der Waals surface area contributed by atoms with Gasteiger partial charge in [-0.25, -0.2) is 19.9 Å². The molecule has 0 fully saturated rings. The number of allylic oxidation sites excluding steroid dienone is 3. The molecule has 6 N–H and O–H groups in total. The van der Waals surface area contributed by atoms with Crippen LogP contribution in [0.4, 0.5) is 5.95 Å². The number of hydrogen-bond donors (Lipinski definition) is 4. The van der Waals surface area contributed by atoms with Crippen LogP contribution in [0.2, 0.25) is 0 Å². The molecule has 0 amide bonds. The average Bonchev–Trinajstić information content (AvgIpc) is 3.21. The summed E-state index contributed by atoms with van der Waals surface area (Å²) in [6.45, 7) is 0. The Hall–Kier alpha value is -4.01. The van der Waals surface area contributed by atoms with Crippen LogP contribution in [0.3, 0.4) is 0 Å². The average molecular weight is 357 g/mol. The minimum Gasteiger partial charge on any atom is -0.402 e. The van der Waals surface area contributed by atoms with E-state index in [1.54, 1.807) is 18.5 Å². The van der Waals surface area contributed by atoms with Crippen molar-refractivity contribution in [3.63, 3.8) is 0 Å². The van der Waals surface area contributed by atoms with Gasteiger partial charge in [0.15, 0.2) is 11.5 Å². The Balaban J connectivity index is 1.62. The Labute approximate surface area is 153 Å². The first kappa shape index (κ1) is 15.3. The lowest BCUT2D eigenvalue weighted by atomic mass is 10.1. The molecule has 0 aliphatic heterocycles. The number of nitrogens with one attached hydrogen (secondary N) is 2. The normalized spacial score (nSPS) is 13.4. The molecule has 0 bridgehead atoms. The maximum Gasteiger partial charge on any atom is 0.220 e. The number of H-pyrrole nitrogens is 2. The number of nitrogens with two attached hydrogens (primary N) is 2. The summed E-state index contributed by atoms with van der Waals surface area (Å²) in [6, 6.07) is 3.74. The Bertz CT molecular complexity index is 1230. The van der Waals surface area contributed by atoms with Crippen molar-refractivity contribution in [2.75, 3.05) is 5.73 Å². The minimum absolute atomic E-state index is 0.215. The monoisotopic (exact) mass is 357 g/mol. The van der Waals surface area contributed by atoms with E-state index in [0.29, 0.717) is 23.6 Å². The van der Waals surface area contributed by atoms with Gasteiger partial charge in [-0.05, 0) is 24.3 Å². The van der Waals surface area contributed by atoms with Crippen molar-refractivity contribution in [1.29, 1.82) is 0 Å². The van der Waals surface area contributed by atoms with Crippen molar-refractivity contribution in [1.82, 2.24) is 35.1 Å². The highest BCUT2D eigenvalue weighted by Crippen LogP contribution is 2.29. The summed E-state index contributed by atoms with van der Waals surface area (Å²) in [6.07, 6.45) is 9.65. The zero-order chi connectivity index (χ0) is 18.4. The van der Waals surface area contributed by atoms with E-state index in [9.17, 15) is 0 Å². The first-order valence-electron chi connectivity index (χ1n) is 8.32. The largest absolute Gasteiger partial charge is 0.402 e. The first-order chi connectivity index (χ1) is 13.2. The zero-order valence-electron chi connectivity index (χ0n) is 14.1. The number of hydrogen-bond acceptors (Lipinski definition) is 7. The molecule has 0 saturated carbocycles. The second kappa shape index (κ2) is 5.77. The fourth-order valence-electron chi connectivity index (χ4n) is 3.09. The summed E-state index contributed by atoms with van der Waals surface area (Å²) in [7, 11) is 0. The van der Waals surface area contributed by atoms with Crippen molar-refractivity contribution in [2.45, 2.75) is 6.42 Å².